The summed E-state index contributed by atoms with van der Waals surface area (Å²) in [5.41, 5.74) is 2.57. The lowest BCUT2D eigenvalue weighted by atomic mass is 10.1. The molecule has 2 aliphatic heterocycles. The summed E-state index contributed by atoms with van der Waals surface area (Å²) >= 11 is 1.82. The number of nitrogens with one attached hydrogen (secondary N) is 2. The van der Waals surface area contributed by atoms with E-state index in [1.54, 1.807) is 6.33 Å². The SMILES string of the molecule is c1csc(CCNc2ncnc3c2CCN(C2CCCNC2)CC3)c1. The lowest BCUT2D eigenvalue weighted by Gasteiger charge is -2.33. The summed E-state index contributed by atoms with van der Waals surface area (Å²) in [6.07, 6.45) is 7.48. The highest BCUT2D eigenvalue weighted by Gasteiger charge is 2.24. The van der Waals surface area contributed by atoms with Crippen molar-refractivity contribution in [3.63, 3.8) is 0 Å². The number of hydrogen-bond donors (Lipinski definition) is 2. The predicted octanol–water partition coefficient (Wildman–Crippen LogP) is 2.35. The molecule has 2 aromatic heterocycles. The number of fused-ring (bicyclic) bond motifs is 1. The van der Waals surface area contributed by atoms with Gasteiger partial charge in [0.25, 0.3) is 0 Å². The zero-order valence-corrected chi connectivity index (χ0v) is 15.5. The third-order valence-corrected chi connectivity index (χ3v) is 6.29. The molecule has 0 aromatic carbocycles. The number of piperidine rings is 1. The first-order chi connectivity index (χ1) is 12.4. The van der Waals surface area contributed by atoms with Crippen molar-refractivity contribution in [2.24, 2.45) is 0 Å². The van der Waals surface area contributed by atoms with Crippen LogP contribution in [0.15, 0.2) is 23.8 Å². The number of anilines is 1. The molecule has 0 radical (unpaired) electrons. The van der Waals surface area contributed by atoms with Crippen molar-refractivity contribution < 1.29 is 0 Å². The minimum absolute atomic E-state index is 0.686. The molecule has 25 heavy (non-hydrogen) atoms. The van der Waals surface area contributed by atoms with Gasteiger partial charge in [-0.3, -0.25) is 4.90 Å². The van der Waals surface area contributed by atoms with Crippen molar-refractivity contribution in [3.8, 4) is 0 Å². The molecule has 134 valence electrons. The van der Waals surface area contributed by atoms with E-state index in [1.165, 1.54) is 35.5 Å². The van der Waals surface area contributed by atoms with E-state index in [4.69, 9.17) is 0 Å². The quantitative estimate of drug-likeness (QED) is 0.860. The molecule has 0 amide bonds. The van der Waals surface area contributed by atoms with Crippen molar-refractivity contribution >= 4 is 17.2 Å². The first-order valence-electron chi connectivity index (χ1n) is 9.44. The Hall–Kier alpha value is -1.50. The number of rotatable bonds is 5. The Bertz CT molecular complexity index is 666. The largest absolute Gasteiger partial charge is 0.369 e. The van der Waals surface area contributed by atoms with E-state index in [2.05, 4.69) is 43.0 Å². The predicted molar refractivity (Wildman–Crippen MR) is 103 cm³/mol. The summed E-state index contributed by atoms with van der Waals surface area (Å²) < 4.78 is 0. The summed E-state index contributed by atoms with van der Waals surface area (Å²) in [4.78, 5) is 13.2. The van der Waals surface area contributed by atoms with Gasteiger partial charge in [0.05, 0.1) is 5.69 Å². The molecule has 4 rings (SSSR count). The third-order valence-electron chi connectivity index (χ3n) is 5.35. The second-order valence-corrected chi connectivity index (χ2v) is 7.97. The molecule has 2 aromatic rings. The Morgan fingerprint density at radius 2 is 2.24 bits per heavy atom. The lowest BCUT2D eigenvalue weighted by molar-refractivity contribution is 0.173. The van der Waals surface area contributed by atoms with Gasteiger partial charge in [0.15, 0.2) is 0 Å². The monoisotopic (exact) mass is 357 g/mol. The van der Waals surface area contributed by atoms with Gasteiger partial charge in [-0.1, -0.05) is 6.07 Å². The average molecular weight is 358 g/mol. The van der Waals surface area contributed by atoms with Gasteiger partial charge in [-0.15, -0.1) is 11.3 Å². The van der Waals surface area contributed by atoms with Crippen LogP contribution in [0.1, 0.15) is 29.0 Å². The molecule has 1 saturated heterocycles. The first-order valence-corrected chi connectivity index (χ1v) is 10.3. The Morgan fingerprint density at radius 3 is 3.08 bits per heavy atom. The minimum atomic E-state index is 0.686. The van der Waals surface area contributed by atoms with Crippen LogP contribution >= 0.6 is 11.3 Å². The summed E-state index contributed by atoms with van der Waals surface area (Å²) in [7, 11) is 0. The van der Waals surface area contributed by atoms with E-state index in [0.717, 1.165) is 51.3 Å². The Morgan fingerprint density at radius 1 is 1.28 bits per heavy atom. The van der Waals surface area contributed by atoms with Crippen LogP contribution in [0.3, 0.4) is 0 Å². The van der Waals surface area contributed by atoms with E-state index < -0.39 is 0 Å². The molecule has 2 aliphatic rings. The smallest absolute Gasteiger partial charge is 0.132 e. The molecular formula is C19H27N5S. The van der Waals surface area contributed by atoms with Gasteiger partial charge >= 0.3 is 0 Å². The minimum Gasteiger partial charge on any atom is -0.369 e. The molecule has 4 heterocycles. The summed E-state index contributed by atoms with van der Waals surface area (Å²) in [5, 5.41) is 9.24. The fraction of sp³-hybridized carbons (Fsp3) is 0.579. The highest BCUT2D eigenvalue weighted by atomic mass is 32.1. The number of thiophene rings is 1. The highest BCUT2D eigenvalue weighted by molar-refractivity contribution is 7.09. The van der Waals surface area contributed by atoms with Crippen LogP contribution in [0, 0.1) is 0 Å². The Balaban J connectivity index is 1.39. The molecule has 5 nitrogen and oxygen atoms in total. The zero-order chi connectivity index (χ0) is 16.9. The van der Waals surface area contributed by atoms with Crippen molar-refractivity contribution in [1.29, 1.82) is 0 Å². The maximum absolute atomic E-state index is 4.59. The topological polar surface area (TPSA) is 53.1 Å². The van der Waals surface area contributed by atoms with Crippen LogP contribution in [-0.4, -0.2) is 53.6 Å². The molecule has 1 unspecified atom stereocenters. The van der Waals surface area contributed by atoms with Crippen LogP contribution in [-0.2, 0) is 19.3 Å². The zero-order valence-electron chi connectivity index (χ0n) is 14.7. The molecular weight excluding hydrogens is 330 g/mol. The van der Waals surface area contributed by atoms with Crippen LogP contribution in [0.5, 0.6) is 0 Å². The average Bonchev–Trinajstić information content (AvgIpc) is 3.07. The van der Waals surface area contributed by atoms with E-state index in [-0.39, 0.29) is 0 Å². The second-order valence-electron chi connectivity index (χ2n) is 6.94. The summed E-state index contributed by atoms with van der Waals surface area (Å²) in [6, 6.07) is 5.00. The molecule has 2 N–H and O–H groups in total. The Labute approximate surface area is 153 Å². The fourth-order valence-electron chi connectivity index (χ4n) is 3.97. The van der Waals surface area contributed by atoms with Crippen LogP contribution in [0.2, 0.25) is 0 Å². The first kappa shape index (κ1) is 16.9. The molecule has 1 atom stereocenters. The third kappa shape index (κ3) is 4.19. The molecule has 0 saturated carbocycles. The molecule has 0 aliphatic carbocycles. The van der Waals surface area contributed by atoms with Crippen LogP contribution in [0.25, 0.3) is 0 Å². The van der Waals surface area contributed by atoms with Gasteiger partial charge in [0.1, 0.15) is 12.1 Å². The van der Waals surface area contributed by atoms with Crippen molar-refractivity contribution in [2.45, 2.75) is 38.1 Å². The maximum atomic E-state index is 4.59. The van der Waals surface area contributed by atoms with E-state index in [0.29, 0.717) is 6.04 Å². The maximum Gasteiger partial charge on any atom is 0.132 e. The second kappa shape index (κ2) is 8.25. The van der Waals surface area contributed by atoms with Crippen LogP contribution < -0.4 is 10.6 Å². The van der Waals surface area contributed by atoms with Gasteiger partial charge in [-0.25, -0.2) is 9.97 Å². The van der Waals surface area contributed by atoms with E-state index >= 15 is 0 Å². The number of hydrogen-bond acceptors (Lipinski definition) is 6. The summed E-state index contributed by atoms with van der Waals surface area (Å²) in [6.45, 7) is 5.47. The van der Waals surface area contributed by atoms with Crippen molar-refractivity contribution in [1.82, 2.24) is 20.2 Å². The van der Waals surface area contributed by atoms with Gasteiger partial charge in [-0.05, 0) is 43.7 Å². The highest BCUT2D eigenvalue weighted by Crippen LogP contribution is 2.23. The van der Waals surface area contributed by atoms with Gasteiger partial charge in [-0.2, -0.15) is 0 Å². The van der Waals surface area contributed by atoms with Crippen LogP contribution in [0.4, 0.5) is 5.82 Å². The van der Waals surface area contributed by atoms with Gasteiger partial charge in [0.2, 0.25) is 0 Å². The van der Waals surface area contributed by atoms with Crippen molar-refractivity contribution in [2.75, 3.05) is 38.0 Å². The van der Waals surface area contributed by atoms with Crippen molar-refractivity contribution in [3.05, 3.63) is 40.0 Å². The number of aromatic nitrogens is 2. The standard InChI is InChI=1S/C19H27N5S/c1-3-15(13-20-8-1)24-10-6-17-18(7-11-24)22-14-23-19(17)21-9-5-16-4-2-12-25-16/h2,4,12,14-15,20H,1,3,5-11,13H2,(H,21,22,23). The number of nitrogens with zero attached hydrogens (tertiary/aromatic N) is 3. The van der Waals surface area contributed by atoms with Gasteiger partial charge in [0, 0.05) is 49.1 Å². The molecule has 6 heteroatoms. The molecule has 0 spiro atoms. The molecule has 0 bridgehead atoms. The molecule has 1 fully saturated rings. The van der Waals surface area contributed by atoms with E-state index in [9.17, 15) is 0 Å². The summed E-state index contributed by atoms with van der Waals surface area (Å²) in [5.74, 6) is 1.05. The van der Waals surface area contributed by atoms with Gasteiger partial charge < -0.3 is 10.6 Å². The van der Waals surface area contributed by atoms with E-state index in [1.807, 2.05) is 11.3 Å². The fourth-order valence-corrected chi connectivity index (χ4v) is 4.67. The Kier molecular flexibility index (Phi) is 5.59. The normalized spacial score (nSPS) is 21.5. The lowest BCUT2D eigenvalue weighted by Crippen LogP contribution is -2.46.